The van der Waals surface area contributed by atoms with Gasteiger partial charge >= 0.3 is 0 Å². The summed E-state index contributed by atoms with van der Waals surface area (Å²) in [6, 6.07) is 10.6. The fourth-order valence-electron chi connectivity index (χ4n) is 6.56. The van der Waals surface area contributed by atoms with Crippen molar-refractivity contribution in [3.05, 3.63) is 69.2 Å². The lowest BCUT2D eigenvalue weighted by molar-refractivity contribution is -0.149. The summed E-state index contributed by atoms with van der Waals surface area (Å²) in [7, 11) is 0. The standard InChI is InChI=1S/C36H57ClN6O2/c1-6-29-12-10-27(18-25(29)4)20-34(40)36(45)43-22-30(9-7-8-15-41-16-14-38)42(23-31(43)17-24(2)3)35(44)33(39)21-28-11-13-32(37)26(5)19-28/h10-13,18-19,24,30-31,33-34,41H,6-9,14-17,20-23,38-40H2,1-5H3/t30?,31-,33?,34?/m1/s1. The van der Waals surface area contributed by atoms with E-state index in [2.05, 4.69) is 51.2 Å². The Balaban J connectivity index is 1.81. The van der Waals surface area contributed by atoms with Crippen molar-refractivity contribution in [2.75, 3.05) is 32.7 Å². The fraction of sp³-hybridized carbons (Fsp3) is 0.611. The van der Waals surface area contributed by atoms with Gasteiger partial charge < -0.3 is 32.3 Å². The first kappa shape index (κ1) is 37.0. The normalized spacial score (nSPS) is 18.4. The highest BCUT2D eigenvalue weighted by Crippen LogP contribution is 2.26. The molecule has 1 fully saturated rings. The van der Waals surface area contributed by atoms with E-state index >= 15 is 0 Å². The Bertz CT molecular complexity index is 1250. The molecule has 0 spiro atoms. The quantitative estimate of drug-likeness (QED) is 0.204. The number of halogens is 1. The van der Waals surface area contributed by atoms with Gasteiger partial charge in [0.1, 0.15) is 0 Å². The molecule has 1 heterocycles. The second-order valence-electron chi connectivity index (χ2n) is 13.3. The van der Waals surface area contributed by atoms with Crippen molar-refractivity contribution in [2.45, 2.75) is 104 Å². The first-order valence-corrected chi connectivity index (χ1v) is 17.2. The van der Waals surface area contributed by atoms with Crippen molar-refractivity contribution in [1.29, 1.82) is 0 Å². The predicted octanol–water partition coefficient (Wildman–Crippen LogP) is 4.13. The van der Waals surface area contributed by atoms with Crippen molar-refractivity contribution in [3.8, 4) is 0 Å². The molecule has 250 valence electrons. The van der Waals surface area contributed by atoms with Crippen LogP contribution < -0.4 is 22.5 Å². The first-order valence-electron chi connectivity index (χ1n) is 16.8. The third kappa shape index (κ3) is 10.8. The molecule has 0 bridgehead atoms. The monoisotopic (exact) mass is 640 g/mol. The van der Waals surface area contributed by atoms with Crippen molar-refractivity contribution in [3.63, 3.8) is 0 Å². The van der Waals surface area contributed by atoms with Crippen LogP contribution in [0.3, 0.4) is 0 Å². The highest BCUT2D eigenvalue weighted by Gasteiger charge is 2.40. The Morgan fingerprint density at radius 1 is 0.889 bits per heavy atom. The van der Waals surface area contributed by atoms with Gasteiger partial charge in [0.15, 0.2) is 0 Å². The number of piperazine rings is 1. The summed E-state index contributed by atoms with van der Waals surface area (Å²) in [5.74, 6) is 0.240. The molecule has 2 amide bonds. The van der Waals surface area contributed by atoms with E-state index in [0.29, 0.717) is 43.4 Å². The molecule has 1 saturated heterocycles. The summed E-state index contributed by atoms with van der Waals surface area (Å²) >= 11 is 6.23. The summed E-state index contributed by atoms with van der Waals surface area (Å²) < 4.78 is 0. The Morgan fingerprint density at radius 2 is 1.47 bits per heavy atom. The number of benzene rings is 2. The van der Waals surface area contributed by atoms with Crippen LogP contribution >= 0.6 is 11.6 Å². The molecular weight excluding hydrogens is 584 g/mol. The zero-order valence-electron chi connectivity index (χ0n) is 28.2. The van der Waals surface area contributed by atoms with Gasteiger partial charge in [-0.15, -0.1) is 0 Å². The maximum atomic E-state index is 14.0. The lowest BCUT2D eigenvalue weighted by Gasteiger charge is -2.48. The van der Waals surface area contributed by atoms with Crippen LogP contribution in [0.15, 0.2) is 36.4 Å². The lowest BCUT2D eigenvalue weighted by Crippen LogP contribution is -2.65. The summed E-state index contributed by atoms with van der Waals surface area (Å²) in [5.41, 5.74) is 24.4. The van der Waals surface area contributed by atoms with Crippen LogP contribution in [-0.4, -0.2) is 78.5 Å². The van der Waals surface area contributed by atoms with Gasteiger partial charge in [-0.2, -0.15) is 0 Å². The summed E-state index contributed by atoms with van der Waals surface area (Å²) in [5, 5.41) is 4.05. The third-order valence-electron chi connectivity index (χ3n) is 9.02. The van der Waals surface area contributed by atoms with Crippen LogP contribution in [0.1, 0.15) is 74.3 Å². The molecular formula is C36H57ClN6O2. The van der Waals surface area contributed by atoms with Crippen LogP contribution in [0, 0.1) is 19.8 Å². The van der Waals surface area contributed by atoms with Crippen LogP contribution in [0.2, 0.25) is 5.02 Å². The van der Waals surface area contributed by atoms with Crippen LogP contribution in [0.5, 0.6) is 0 Å². The smallest absolute Gasteiger partial charge is 0.240 e. The highest BCUT2D eigenvalue weighted by molar-refractivity contribution is 6.31. The number of rotatable bonds is 16. The molecule has 0 saturated carbocycles. The topological polar surface area (TPSA) is 131 Å². The summed E-state index contributed by atoms with van der Waals surface area (Å²) in [6.45, 7) is 13.7. The van der Waals surface area contributed by atoms with E-state index in [4.69, 9.17) is 28.8 Å². The molecule has 8 nitrogen and oxygen atoms in total. The third-order valence-corrected chi connectivity index (χ3v) is 9.45. The van der Waals surface area contributed by atoms with Gasteiger partial charge in [-0.25, -0.2) is 0 Å². The number of nitrogens with zero attached hydrogens (tertiary/aromatic N) is 2. The zero-order valence-corrected chi connectivity index (χ0v) is 28.9. The Labute approximate surface area is 276 Å². The molecule has 1 aliphatic heterocycles. The summed E-state index contributed by atoms with van der Waals surface area (Å²) in [4.78, 5) is 32.0. The van der Waals surface area contributed by atoms with Gasteiger partial charge in [0.05, 0.1) is 12.1 Å². The van der Waals surface area contributed by atoms with Gasteiger partial charge in [0.25, 0.3) is 0 Å². The summed E-state index contributed by atoms with van der Waals surface area (Å²) in [6.07, 6.45) is 5.35. The number of nitrogens with two attached hydrogens (primary N) is 3. The number of nitrogens with one attached hydrogen (secondary N) is 1. The molecule has 1 aliphatic rings. The van der Waals surface area contributed by atoms with E-state index < -0.39 is 12.1 Å². The SMILES string of the molecule is CCc1ccc(CC(N)C(=O)N2CC(CCCCNCCN)N(C(=O)C(N)Cc3ccc(Cl)c(C)c3)C[C@H]2CC(C)C)cc1C. The maximum Gasteiger partial charge on any atom is 0.240 e. The minimum absolute atomic E-state index is 0.0412. The molecule has 3 rings (SSSR count). The second kappa shape index (κ2) is 18.0. The number of hydrogen-bond acceptors (Lipinski definition) is 6. The van der Waals surface area contributed by atoms with E-state index in [-0.39, 0.29) is 23.9 Å². The number of unbranched alkanes of at least 4 members (excludes halogenated alkanes) is 1. The van der Waals surface area contributed by atoms with Gasteiger partial charge in [-0.1, -0.05) is 69.1 Å². The second-order valence-corrected chi connectivity index (χ2v) is 13.7. The Morgan fingerprint density at radius 3 is 2.02 bits per heavy atom. The van der Waals surface area contributed by atoms with Gasteiger partial charge in [0, 0.05) is 43.3 Å². The minimum Gasteiger partial charge on any atom is -0.335 e. The first-order chi connectivity index (χ1) is 21.4. The van der Waals surface area contributed by atoms with Crippen molar-refractivity contribution < 1.29 is 9.59 Å². The van der Waals surface area contributed by atoms with Crippen molar-refractivity contribution >= 4 is 23.4 Å². The average Bonchev–Trinajstić information content (AvgIpc) is 3.00. The molecule has 2 aromatic carbocycles. The molecule has 2 aromatic rings. The number of carbonyl (C=O) groups is 2. The average molecular weight is 641 g/mol. The Hall–Kier alpha value is -2.49. The van der Waals surface area contributed by atoms with E-state index in [0.717, 1.165) is 61.9 Å². The lowest BCUT2D eigenvalue weighted by atomic mass is 9.92. The predicted molar refractivity (Wildman–Crippen MR) is 186 cm³/mol. The Kier molecular flexibility index (Phi) is 14.8. The van der Waals surface area contributed by atoms with Crippen LogP contribution in [0.25, 0.3) is 0 Å². The van der Waals surface area contributed by atoms with E-state index in [9.17, 15) is 9.59 Å². The van der Waals surface area contributed by atoms with Gasteiger partial charge in [0.2, 0.25) is 11.8 Å². The largest absolute Gasteiger partial charge is 0.335 e. The molecule has 9 heteroatoms. The number of aryl methyl sites for hydroxylation is 3. The van der Waals surface area contributed by atoms with E-state index in [1.807, 2.05) is 34.9 Å². The molecule has 45 heavy (non-hydrogen) atoms. The number of amides is 2. The number of carbonyl (C=O) groups excluding carboxylic acids is 2. The molecule has 0 aliphatic carbocycles. The molecule has 7 N–H and O–H groups in total. The van der Waals surface area contributed by atoms with Gasteiger partial charge in [-0.05, 0) is 98.7 Å². The molecule has 0 aromatic heterocycles. The molecule has 4 atom stereocenters. The van der Waals surface area contributed by atoms with Crippen LogP contribution in [0.4, 0.5) is 0 Å². The fourth-order valence-corrected chi connectivity index (χ4v) is 6.68. The van der Waals surface area contributed by atoms with Crippen molar-refractivity contribution in [1.82, 2.24) is 15.1 Å². The molecule has 0 radical (unpaired) electrons. The van der Waals surface area contributed by atoms with Crippen LogP contribution in [-0.2, 0) is 28.9 Å². The minimum atomic E-state index is -0.683. The molecule has 3 unspecified atom stereocenters. The van der Waals surface area contributed by atoms with E-state index in [1.54, 1.807) is 0 Å². The van der Waals surface area contributed by atoms with Gasteiger partial charge in [-0.3, -0.25) is 9.59 Å². The number of hydrogen-bond donors (Lipinski definition) is 4. The van der Waals surface area contributed by atoms with Crippen molar-refractivity contribution in [2.24, 2.45) is 23.1 Å². The van der Waals surface area contributed by atoms with E-state index in [1.165, 1.54) is 11.1 Å². The highest BCUT2D eigenvalue weighted by atomic mass is 35.5. The maximum absolute atomic E-state index is 14.0. The zero-order chi connectivity index (χ0) is 33.1.